The summed E-state index contributed by atoms with van der Waals surface area (Å²) in [5.41, 5.74) is 3.24. The topological polar surface area (TPSA) is 54.3 Å². The summed E-state index contributed by atoms with van der Waals surface area (Å²) in [5.74, 6) is 0.105. The van der Waals surface area contributed by atoms with Gasteiger partial charge in [0, 0.05) is 31.9 Å². The number of fused-ring (bicyclic) bond motifs is 1. The van der Waals surface area contributed by atoms with Gasteiger partial charge >= 0.3 is 0 Å². The maximum absolute atomic E-state index is 13.1. The zero-order valence-corrected chi connectivity index (χ0v) is 14.6. The number of hydrogen-bond donors (Lipinski definition) is 0. The van der Waals surface area contributed by atoms with Crippen LogP contribution in [0.5, 0.6) is 0 Å². The van der Waals surface area contributed by atoms with Crippen molar-refractivity contribution in [2.24, 2.45) is 7.05 Å². The molecule has 3 heterocycles. The first-order valence-corrected chi connectivity index (χ1v) is 8.15. The first kappa shape index (κ1) is 15.9. The van der Waals surface area contributed by atoms with Crippen molar-refractivity contribution < 1.29 is 4.79 Å². The number of piperidine rings is 1. The van der Waals surface area contributed by atoms with E-state index in [1.807, 2.05) is 31.9 Å². The van der Waals surface area contributed by atoms with Crippen molar-refractivity contribution in [1.29, 1.82) is 0 Å². The number of rotatable bonds is 2. The summed E-state index contributed by atoms with van der Waals surface area (Å²) in [6, 6.07) is 2.47. The standard InChI is InChI=1S/C17H25N5O/c1-11-10-14(15-12(2)19-21(5)16(15)18-11)17(23)22-8-6-13(7-9-22)20(3)4/h10,13H,6-9H2,1-5H3. The molecule has 1 aliphatic heterocycles. The Hall–Kier alpha value is -1.95. The highest BCUT2D eigenvalue weighted by atomic mass is 16.2. The monoisotopic (exact) mass is 315 g/mol. The molecule has 6 heteroatoms. The van der Waals surface area contributed by atoms with E-state index in [0.29, 0.717) is 6.04 Å². The number of hydrogen-bond acceptors (Lipinski definition) is 4. The second kappa shape index (κ2) is 5.92. The van der Waals surface area contributed by atoms with Crippen LogP contribution in [0.25, 0.3) is 11.0 Å². The molecule has 124 valence electrons. The van der Waals surface area contributed by atoms with Crippen LogP contribution in [0.2, 0.25) is 0 Å². The molecular formula is C17H25N5O. The molecule has 0 saturated carbocycles. The zero-order valence-electron chi connectivity index (χ0n) is 14.6. The fourth-order valence-corrected chi connectivity index (χ4v) is 3.49. The number of carbonyl (C=O) groups is 1. The largest absolute Gasteiger partial charge is 0.339 e. The van der Waals surface area contributed by atoms with E-state index in [2.05, 4.69) is 29.1 Å². The average molecular weight is 315 g/mol. The smallest absolute Gasteiger partial charge is 0.254 e. The highest BCUT2D eigenvalue weighted by Gasteiger charge is 2.27. The lowest BCUT2D eigenvalue weighted by Gasteiger charge is -2.35. The van der Waals surface area contributed by atoms with Crippen LogP contribution >= 0.6 is 0 Å². The molecule has 0 spiro atoms. The Morgan fingerprint density at radius 3 is 2.52 bits per heavy atom. The molecule has 0 atom stereocenters. The molecule has 0 unspecified atom stereocenters. The van der Waals surface area contributed by atoms with E-state index in [1.54, 1.807) is 4.68 Å². The van der Waals surface area contributed by atoms with Crippen molar-refractivity contribution in [3.05, 3.63) is 23.0 Å². The van der Waals surface area contributed by atoms with Crippen molar-refractivity contribution >= 4 is 16.9 Å². The summed E-state index contributed by atoms with van der Waals surface area (Å²) in [6.45, 7) is 5.49. The van der Waals surface area contributed by atoms with Gasteiger partial charge in [-0.1, -0.05) is 0 Å². The van der Waals surface area contributed by atoms with Gasteiger partial charge in [0.15, 0.2) is 5.65 Å². The fourth-order valence-electron chi connectivity index (χ4n) is 3.49. The van der Waals surface area contributed by atoms with Gasteiger partial charge in [-0.3, -0.25) is 9.48 Å². The molecule has 0 radical (unpaired) electrons. The zero-order chi connectivity index (χ0) is 16.7. The van der Waals surface area contributed by atoms with Crippen LogP contribution in [0, 0.1) is 13.8 Å². The highest BCUT2D eigenvalue weighted by Crippen LogP contribution is 2.24. The summed E-state index contributed by atoms with van der Waals surface area (Å²) in [5, 5.41) is 5.32. The third kappa shape index (κ3) is 2.83. The normalized spacial score (nSPS) is 16.5. The van der Waals surface area contributed by atoms with E-state index >= 15 is 0 Å². The summed E-state index contributed by atoms with van der Waals surface area (Å²) in [6.07, 6.45) is 2.05. The lowest BCUT2D eigenvalue weighted by atomic mass is 10.0. The molecule has 2 aromatic heterocycles. The fraction of sp³-hybridized carbons (Fsp3) is 0.588. The Morgan fingerprint density at radius 2 is 1.91 bits per heavy atom. The predicted molar refractivity (Wildman–Crippen MR) is 90.6 cm³/mol. The van der Waals surface area contributed by atoms with Gasteiger partial charge in [0.25, 0.3) is 5.91 Å². The van der Waals surface area contributed by atoms with Crippen molar-refractivity contribution in [3.63, 3.8) is 0 Å². The second-order valence-electron chi connectivity index (χ2n) is 6.71. The molecule has 1 aliphatic rings. The maximum Gasteiger partial charge on any atom is 0.254 e. The van der Waals surface area contributed by atoms with Crippen LogP contribution < -0.4 is 0 Å². The maximum atomic E-state index is 13.1. The van der Waals surface area contributed by atoms with E-state index in [-0.39, 0.29) is 5.91 Å². The Morgan fingerprint density at radius 1 is 1.26 bits per heavy atom. The van der Waals surface area contributed by atoms with Gasteiger partial charge in [-0.05, 0) is 46.9 Å². The number of likely N-dealkylation sites (tertiary alicyclic amines) is 1. The third-order valence-electron chi connectivity index (χ3n) is 4.81. The second-order valence-corrected chi connectivity index (χ2v) is 6.71. The molecular weight excluding hydrogens is 290 g/mol. The van der Waals surface area contributed by atoms with Crippen LogP contribution in [-0.2, 0) is 7.05 Å². The minimum absolute atomic E-state index is 0.105. The van der Waals surface area contributed by atoms with Gasteiger partial charge < -0.3 is 9.80 Å². The van der Waals surface area contributed by atoms with Gasteiger partial charge in [0.1, 0.15) is 0 Å². The Kier molecular flexibility index (Phi) is 4.10. The van der Waals surface area contributed by atoms with Crippen molar-refractivity contribution in [2.45, 2.75) is 32.7 Å². The lowest BCUT2D eigenvalue weighted by Crippen LogP contribution is -2.44. The number of amides is 1. The molecule has 2 aromatic rings. The number of carbonyl (C=O) groups excluding carboxylic acids is 1. The molecule has 0 bridgehead atoms. The summed E-state index contributed by atoms with van der Waals surface area (Å²) >= 11 is 0. The number of nitrogens with zero attached hydrogens (tertiary/aromatic N) is 5. The van der Waals surface area contributed by atoms with Gasteiger partial charge in [-0.15, -0.1) is 0 Å². The molecule has 0 aliphatic carbocycles. The Labute approximate surface area is 137 Å². The van der Waals surface area contributed by atoms with Crippen molar-refractivity contribution in [2.75, 3.05) is 27.2 Å². The Bertz CT molecular complexity index is 741. The first-order valence-electron chi connectivity index (χ1n) is 8.15. The molecule has 1 fully saturated rings. The minimum Gasteiger partial charge on any atom is -0.339 e. The first-order chi connectivity index (χ1) is 10.9. The molecule has 23 heavy (non-hydrogen) atoms. The van der Waals surface area contributed by atoms with Crippen LogP contribution in [0.15, 0.2) is 6.07 Å². The van der Waals surface area contributed by atoms with Crippen LogP contribution in [-0.4, -0.2) is 63.7 Å². The molecule has 6 nitrogen and oxygen atoms in total. The summed E-state index contributed by atoms with van der Waals surface area (Å²) in [7, 11) is 6.09. The average Bonchev–Trinajstić information content (AvgIpc) is 2.80. The van der Waals surface area contributed by atoms with E-state index in [0.717, 1.165) is 53.9 Å². The third-order valence-corrected chi connectivity index (χ3v) is 4.81. The van der Waals surface area contributed by atoms with E-state index in [4.69, 9.17) is 0 Å². The highest BCUT2D eigenvalue weighted by molar-refractivity contribution is 6.06. The number of aromatic nitrogens is 3. The van der Waals surface area contributed by atoms with Gasteiger partial charge in [-0.25, -0.2) is 4.98 Å². The SMILES string of the molecule is Cc1cc(C(=O)N2CCC(N(C)C)CC2)c2c(C)nn(C)c2n1. The van der Waals surface area contributed by atoms with E-state index in [1.165, 1.54) is 0 Å². The molecule has 1 saturated heterocycles. The van der Waals surface area contributed by atoms with E-state index in [9.17, 15) is 4.79 Å². The van der Waals surface area contributed by atoms with Gasteiger partial charge in [-0.2, -0.15) is 5.10 Å². The summed E-state index contributed by atoms with van der Waals surface area (Å²) in [4.78, 5) is 21.8. The molecule has 0 N–H and O–H groups in total. The molecule has 1 amide bonds. The van der Waals surface area contributed by atoms with E-state index < -0.39 is 0 Å². The number of aryl methyl sites for hydroxylation is 3. The van der Waals surface area contributed by atoms with Gasteiger partial charge in [0.05, 0.1) is 16.6 Å². The number of pyridine rings is 1. The van der Waals surface area contributed by atoms with Crippen LogP contribution in [0.1, 0.15) is 34.6 Å². The van der Waals surface area contributed by atoms with Crippen molar-refractivity contribution in [1.82, 2.24) is 24.6 Å². The molecule has 3 rings (SSSR count). The molecule has 0 aromatic carbocycles. The lowest BCUT2D eigenvalue weighted by molar-refractivity contribution is 0.0665. The van der Waals surface area contributed by atoms with Gasteiger partial charge in [0.2, 0.25) is 0 Å². The van der Waals surface area contributed by atoms with Crippen LogP contribution in [0.4, 0.5) is 0 Å². The Balaban J connectivity index is 1.93. The summed E-state index contributed by atoms with van der Waals surface area (Å²) < 4.78 is 1.76. The van der Waals surface area contributed by atoms with Crippen LogP contribution in [0.3, 0.4) is 0 Å². The predicted octanol–water partition coefficient (Wildman–Crippen LogP) is 1.75. The van der Waals surface area contributed by atoms with Crippen molar-refractivity contribution in [3.8, 4) is 0 Å². The quantitative estimate of drug-likeness (QED) is 0.847. The minimum atomic E-state index is 0.105.